The highest BCUT2D eigenvalue weighted by atomic mass is 79.9. The second kappa shape index (κ2) is 6.41. The van der Waals surface area contributed by atoms with Crippen LogP contribution in [0, 0.1) is 6.92 Å². The number of benzene rings is 2. The minimum Gasteiger partial charge on any atom is -0.457 e. The maximum atomic E-state index is 6.21. The number of aryl methyl sites for hydroxylation is 1. The fraction of sp³-hybridized carbons (Fsp3) is 0.333. The predicted molar refractivity (Wildman–Crippen MR) is 94.0 cm³/mol. The number of hydrogen-bond donors (Lipinski definition) is 0. The summed E-state index contributed by atoms with van der Waals surface area (Å²) in [4.78, 5) is 0. The van der Waals surface area contributed by atoms with Crippen molar-refractivity contribution in [2.24, 2.45) is 0 Å². The van der Waals surface area contributed by atoms with Crippen molar-refractivity contribution in [1.29, 1.82) is 0 Å². The van der Waals surface area contributed by atoms with Crippen molar-refractivity contribution in [2.75, 3.05) is 0 Å². The normalized spacial score (nSPS) is 11.5. The topological polar surface area (TPSA) is 9.23 Å². The van der Waals surface area contributed by atoms with E-state index in [2.05, 4.69) is 55.8 Å². The first-order valence-corrected chi connectivity index (χ1v) is 8.45. The van der Waals surface area contributed by atoms with E-state index in [9.17, 15) is 0 Å². The third-order valence-corrected chi connectivity index (χ3v) is 4.39. The molecule has 0 aliphatic heterocycles. The van der Waals surface area contributed by atoms with Crippen LogP contribution >= 0.6 is 27.5 Å². The molecular weight excluding hydrogens is 348 g/mol. The van der Waals surface area contributed by atoms with Gasteiger partial charge in [0.2, 0.25) is 0 Å². The molecule has 0 unspecified atom stereocenters. The lowest BCUT2D eigenvalue weighted by molar-refractivity contribution is 0.473. The van der Waals surface area contributed by atoms with Gasteiger partial charge in [-0.3, -0.25) is 0 Å². The maximum Gasteiger partial charge on any atom is 0.132 e. The van der Waals surface area contributed by atoms with Crippen LogP contribution in [0.5, 0.6) is 11.5 Å². The Labute approximate surface area is 140 Å². The molecular formula is C18H20BrClO. The molecule has 1 nitrogen and oxygen atoms in total. The van der Waals surface area contributed by atoms with Gasteiger partial charge < -0.3 is 4.74 Å². The van der Waals surface area contributed by atoms with Crippen LogP contribution in [0.15, 0.2) is 36.4 Å². The summed E-state index contributed by atoms with van der Waals surface area (Å²) < 4.78 is 6.07. The molecule has 0 heterocycles. The minimum absolute atomic E-state index is 0.139. The minimum atomic E-state index is 0.139. The highest BCUT2D eigenvalue weighted by molar-refractivity contribution is 9.08. The van der Waals surface area contributed by atoms with Crippen LogP contribution in [0.4, 0.5) is 0 Å². The van der Waals surface area contributed by atoms with Crippen LogP contribution in [0.1, 0.15) is 37.5 Å². The van der Waals surface area contributed by atoms with Gasteiger partial charge >= 0.3 is 0 Å². The van der Waals surface area contributed by atoms with Crippen LogP contribution in [0.3, 0.4) is 0 Å². The second-order valence-corrected chi connectivity index (χ2v) is 7.15. The van der Waals surface area contributed by atoms with Gasteiger partial charge in [-0.1, -0.05) is 66.5 Å². The maximum absolute atomic E-state index is 6.21. The number of hydrogen-bond acceptors (Lipinski definition) is 1. The first-order chi connectivity index (χ1) is 9.82. The van der Waals surface area contributed by atoms with E-state index in [-0.39, 0.29) is 5.41 Å². The first kappa shape index (κ1) is 16.4. The molecule has 0 N–H and O–H groups in total. The Bertz CT molecular complexity index is 644. The van der Waals surface area contributed by atoms with E-state index in [0.29, 0.717) is 10.4 Å². The van der Waals surface area contributed by atoms with E-state index >= 15 is 0 Å². The van der Waals surface area contributed by atoms with E-state index in [0.717, 1.165) is 22.6 Å². The lowest BCUT2D eigenvalue weighted by Crippen LogP contribution is -2.11. The molecule has 2 rings (SSSR count). The Kier molecular flexibility index (Phi) is 5.00. The van der Waals surface area contributed by atoms with Gasteiger partial charge in [0.1, 0.15) is 11.5 Å². The quantitative estimate of drug-likeness (QED) is 0.553. The third-order valence-electron chi connectivity index (χ3n) is 3.47. The summed E-state index contributed by atoms with van der Waals surface area (Å²) in [5.74, 6) is 1.67. The second-order valence-electron chi connectivity index (χ2n) is 6.18. The molecule has 2 aromatic rings. The molecule has 0 fully saturated rings. The van der Waals surface area contributed by atoms with Crippen molar-refractivity contribution in [3.05, 3.63) is 58.1 Å². The standard InChI is InChI=1S/C18H20BrClO/c1-12-10-13(18(2,3)4)8-9-16(12)21-17-7-5-6-15(20)14(17)11-19/h5-10H,11H2,1-4H3. The highest BCUT2D eigenvalue weighted by Gasteiger charge is 2.15. The zero-order valence-corrected chi connectivity index (χ0v) is 15.2. The molecule has 0 aromatic heterocycles. The lowest BCUT2D eigenvalue weighted by Gasteiger charge is -2.21. The molecule has 0 amide bonds. The van der Waals surface area contributed by atoms with E-state index in [4.69, 9.17) is 16.3 Å². The fourth-order valence-electron chi connectivity index (χ4n) is 2.11. The molecule has 21 heavy (non-hydrogen) atoms. The van der Waals surface area contributed by atoms with Crippen LogP contribution in [-0.4, -0.2) is 0 Å². The summed E-state index contributed by atoms with van der Waals surface area (Å²) in [7, 11) is 0. The van der Waals surface area contributed by atoms with Crippen LogP contribution < -0.4 is 4.74 Å². The van der Waals surface area contributed by atoms with Crippen molar-refractivity contribution >= 4 is 27.5 Å². The predicted octanol–water partition coefficient (Wildman–Crippen LogP) is 6.63. The zero-order chi connectivity index (χ0) is 15.6. The van der Waals surface area contributed by atoms with Gasteiger partial charge in [-0.05, 0) is 41.7 Å². The average Bonchev–Trinajstić information content (AvgIpc) is 2.40. The summed E-state index contributed by atoms with van der Waals surface area (Å²) in [6.07, 6.45) is 0. The fourth-order valence-corrected chi connectivity index (χ4v) is 3.09. The van der Waals surface area contributed by atoms with Crippen molar-refractivity contribution in [2.45, 2.75) is 38.4 Å². The van der Waals surface area contributed by atoms with E-state index in [1.54, 1.807) is 0 Å². The molecule has 2 aromatic carbocycles. The molecule has 0 aliphatic carbocycles. The number of rotatable bonds is 3. The highest BCUT2D eigenvalue weighted by Crippen LogP contribution is 2.34. The van der Waals surface area contributed by atoms with Crippen LogP contribution in [0.25, 0.3) is 0 Å². The number of halogens is 2. The van der Waals surface area contributed by atoms with Gasteiger partial charge in [-0.25, -0.2) is 0 Å². The molecule has 3 heteroatoms. The van der Waals surface area contributed by atoms with E-state index < -0.39 is 0 Å². The summed E-state index contributed by atoms with van der Waals surface area (Å²) in [5, 5.41) is 1.38. The summed E-state index contributed by atoms with van der Waals surface area (Å²) in [6.45, 7) is 8.70. The molecule has 112 valence electrons. The third kappa shape index (κ3) is 3.81. The Morgan fingerprint density at radius 2 is 1.81 bits per heavy atom. The van der Waals surface area contributed by atoms with E-state index in [1.165, 1.54) is 5.56 Å². The number of ether oxygens (including phenoxy) is 1. The Balaban J connectivity index is 2.35. The molecule has 0 saturated carbocycles. The lowest BCUT2D eigenvalue weighted by atomic mass is 9.86. The molecule has 0 bridgehead atoms. The average molecular weight is 368 g/mol. The molecule has 0 radical (unpaired) electrons. The van der Waals surface area contributed by atoms with E-state index in [1.807, 2.05) is 24.3 Å². The Morgan fingerprint density at radius 3 is 2.38 bits per heavy atom. The van der Waals surface area contributed by atoms with Gasteiger partial charge in [0.25, 0.3) is 0 Å². The summed E-state index contributed by atoms with van der Waals surface area (Å²) >= 11 is 9.67. The molecule has 0 saturated heterocycles. The van der Waals surface area contributed by atoms with Crippen molar-refractivity contribution in [3.63, 3.8) is 0 Å². The van der Waals surface area contributed by atoms with Gasteiger partial charge in [-0.2, -0.15) is 0 Å². The Morgan fingerprint density at radius 1 is 1.10 bits per heavy atom. The Hall–Kier alpha value is -0.990. The first-order valence-electron chi connectivity index (χ1n) is 6.95. The monoisotopic (exact) mass is 366 g/mol. The van der Waals surface area contributed by atoms with Gasteiger partial charge in [-0.15, -0.1) is 0 Å². The zero-order valence-electron chi connectivity index (χ0n) is 12.8. The smallest absolute Gasteiger partial charge is 0.132 e. The number of alkyl halides is 1. The summed E-state index contributed by atoms with van der Waals surface area (Å²) in [5.41, 5.74) is 3.54. The van der Waals surface area contributed by atoms with Crippen LogP contribution in [-0.2, 0) is 10.7 Å². The van der Waals surface area contributed by atoms with Gasteiger partial charge in [0.15, 0.2) is 0 Å². The van der Waals surface area contributed by atoms with Crippen molar-refractivity contribution in [3.8, 4) is 11.5 Å². The van der Waals surface area contributed by atoms with Crippen LogP contribution in [0.2, 0.25) is 5.02 Å². The molecule has 0 atom stereocenters. The molecule has 0 aliphatic rings. The summed E-state index contributed by atoms with van der Waals surface area (Å²) in [6, 6.07) is 12.1. The van der Waals surface area contributed by atoms with Gasteiger partial charge in [0, 0.05) is 15.9 Å². The molecule has 0 spiro atoms. The van der Waals surface area contributed by atoms with Gasteiger partial charge in [0.05, 0.1) is 0 Å². The largest absolute Gasteiger partial charge is 0.457 e. The van der Waals surface area contributed by atoms with Crippen molar-refractivity contribution < 1.29 is 4.74 Å². The SMILES string of the molecule is Cc1cc(C(C)(C)C)ccc1Oc1cccc(Cl)c1CBr. The van der Waals surface area contributed by atoms with Crippen molar-refractivity contribution in [1.82, 2.24) is 0 Å².